The minimum Gasteiger partial charge on any atom is -0.364 e. The molecule has 0 aromatic carbocycles. The van der Waals surface area contributed by atoms with Crippen molar-refractivity contribution in [3.05, 3.63) is 17.0 Å². The van der Waals surface area contributed by atoms with Gasteiger partial charge in [0, 0.05) is 31.7 Å². The summed E-state index contributed by atoms with van der Waals surface area (Å²) < 4.78 is 11.4. The number of fused-ring (bicyclic) bond motifs is 1. The predicted molar refractivity (Wildman–Crippen MR) is 88.5 cm³/mol. The Hall–Kier alpha value is -1.40. The van der Waals surface area contributed by atoms with E-state index in [1.54, 1.807) is 0 Å². The fourth-order valence-electron chi connectivity index (χ4n) is 4.39. The summed E-state index contributed by atoms with van der Waals surface area (Å²) in [7, 11) is 0. The Bertz CT molecular complexity index is 589. The average molecular weight is 333 g/mol. The first kappa shape index (κ1) is 16.1. The fourth-order valence-corrected chi connectivity index (χ4v) is 4.39. The molecule has 1 aromatic rings. The van der Waals surface area contributed by atoms with E-state index in [0.717, 1.165) is 69.9 Å². The Morgan fingerprint density at radius 3 is 2.75 bits per heavy atom. The number of amides is 1. The molecule has 3 saturated heterocycles. The van der Waals surface area contributed by atoms with Crippen LogP contribution in [-0.4, -0.2) is 59.3 Å². The summed E-state index contributed by atoms with van der Waals surface area (Å²) in [6, 6.07) is 0. The lowest BCUT2D eigenvalue weighted by atomic mass is 9.91. The first-order chi connectivity index (χ1) is 11.6. The van der Waals surface area contributed by atoms with E-state index in [2.05, 4.69) is 10.1 Å². The molecule has 4 rings (SSSR count). The molecule has 3 aliphatic rings. The number of likely N-dealkylation sites (tertiary alicyclic amines) is 2. The number of carbonyl (C=O) groups is 1. The van der Waals surface area contributed by atoms with E-state index >= 15 is 0 Å². The minimum atomic E-state index is -0.211. The third-order valence-corrected chi connectivity index (χ3v) is 5.89. The number of aromatic nitrogens is 1. The van der Waals surface area contributed by atoms with Gasteiger partial charge in [-0.15, -0.1) is 0 Å². The lowest BCUT2D eigenvalue weighted by Gasteiger charge is -2.33. The summed E-state index contributed by atoms with van der Waals surface area (Å²) in [5, 5.41) is 4.04. The molecule has 0 N–H and O–H groups in total. The van der Waals surface area contributed by atoms with E-state index in [9.17, 15) is 4.79 Å². The molecule has 3 fully saturated rings. The quantitative estimate of drug-likeness (QED) is 0.845. The van der Waals surface area contributed by atoms with E-state index in [1.807, 2.05) is 18.7 Å². The van der Waals surface area contributed by atoms with Gasteiger partial charge < -0.3 is 14.2 Å². The second-order valence-electron chi connectivity index (χ2n) is 7.52. The molecule has 4 heterocycles. The highest BCUT2D eigenvalue weighted by Gasteiger charge is 2.43. The second-order valence-corrected chi connectivity index (χ2v) is 7.52. The smallest absolute Gasteiger partial charge is 0.251 e. The molecule has 1 aromatic heterocycles. The van der Waals surface area contributed by atoms with Crippen molar-refractivity contribution in [3.8, 4) is 0 Å². The van der Waals surface area contributed by atoms with Crippen molar-refractivity contribution in [2.24, 2.45) is 5.92 Å². The Balaban J connectivity index is 1.36. The molecule has 0 spiro atoms. The Labute approximate surface area is 143 Å². The van der Waals surface area contributed by atoms with Crippen molar-refractivity contribution < 1.29 is 14.1 Å². The lowest BCUT2D eigenvalue weighted by molar-refractivity contribution is -0.142. The SMILES string of the molecule is Cc1noc(C)c1CN1CC[C@H]2C[C@H](C(=O)N3CCCC3)O[C@@H]2C1. The van der Waals surface area contributed by atoms with Gasteiger partial charge in [-0.3, -0.25) is 9.69 Å². The summed E-state index contributed by atoms with van der Waals surface area (Å²) in [6.07, 6.45) is 4.26. The van der Waals surface area contributed by atoms with Gasteiger partial charge in [0.2, 0.25) is 0 Å². The number of hydrogen-bond acceptors (Lipinski definition) is 5. The third-order valence-electron chi connectivity index (χ3n) is 5.89. The standard InChI is InChI=1S/C18H27N3O3/c1-12-15(13(2)24-19-12)10-20-8-5-14-9-16(23-17(14)11-20)18(22)21-6-3-4-7-21/h14,16-17H,3-11H2,1-2H3/t14-,16+,17+/m0/s1. The maximum absolute atomic E-state index is 12.6. The van der Waals surface area contributed by atoms with Crippen molar-refractivity contribution in [1.29, 1.82) is 0 Å². The van der Waals surface area contributed by atoms with Crippen molar-refractivity contribution in [1.82, 2.24) is 15.0 Å². The zero-order valence-electron chi connectivity index (χ0n) is 14.7. The minimum absolute atomic E-state index is 0.191. The van der Waals surface area contributed by atoms with Gasteiger partial charge in [-0.05, 0) is 52.0 Å². The van der Waals surface area contributed by atoms with E-state index in [0.29, 0.717) is 5.92 Å². The Morgan fingerprint density at radius 1 is 1.25 bits per heavy atom. The number of ether oxygens (including phenoxy) is 1. The van der Waals surface area contributed by atoms with E-state index < -0.39 is 0 Å². The van der Waals surface area contributed by atoms with Gasteiger partial charge in [0.1, 0.15) is 11.9 Å². The van der Waals surface area contributed by atoms with Gasteiger partial charge in [-0.2, -0.15) is 0 Å². The zero-order chi connectivity index (χ0) is 16.7. The predicted octanol–water partition coefficient (Wildman–Crippen LogP) is 1.89. The largest absolute Gasteiger partial charge is 0.364 e. The number of rotatable bonds is 3. The summed E-state index contributed by atoms with van der Waals surface area (Å²) in [4.78, 5) is 17.0. The summed E-state index contributed by atoms with van der Waals surface area (Å²) in [6.45, 7) is 8.60. The highest BCUT2D eigenvalue weighted by molar-refractivity contribution is 5.81. The molecule has 0 bridgehead atoms. The van der Waals surface area contributed by atoms with Crippen molar-refractivity contribution in [2.45, 2.75) is 58.3 Å². The summed E-state index contributed by atoms with van der Waals surface area (Å²) in [5.41, 5.74) is 2.17. The molecule has 0 aliphatic carbocycles. The molecular formula is C18H27N3O3. The van der Waals surface area contributed by atoms with Crippen molar-refractivity contribution >= 4 is 5.91 Å². The van der Waals surface area contributed by atoms with Crippen LogP contribution in [0.4, 0.5) is 0 Å². The number of carbonyl (C=O) groups excluding carboxylic acids is 1. The molecule has 6 nitrogen and oxygen atoms in total. The van der Waals surface area contributed by atoms with Gasteiger partial charge in [-0.25, -0.2) is 0 Å². The topological polar surface area (TPSA) is 58.8 Å². The molecule has 3 aliphatic heterocycles. The number of nitrogens with zero attached hydrogens (tertiary/aromatic N) is 3. The monoisotopic (exact) mass is 333 g/mol. The first-order valence-electron chi connectivity index (χ1n) is 9.20. The van der Waals surface area contributed by atoms with Crippen molar-refractivity contribution in [2.75, 3.05) is 26.2 Å². The van der Waals surface area contributed by atoms with E-state index in [4.69, 9.17) is 9.26 Å². The zero-order valence-corrected chi connectivity index (χ0v) is 14.7. The van der Waals surface area contributed by atoms with Gasteiger partial charge in [0.05, 0.1) is 11.8 Å². The molecule has 132 valence electrons. The van der Waals surface area contributed by atoms with Crippen LogP contribution < -0.4 is 0 Å². The van der Waals surface area contributed by atoms with Gasteiger partial charge >= 0.3 is 0 Å². The highest BCUT2D eigenvalue weighted by Crippen LogP contribution is 2.35. The maximum atomic E-state index is 12.6. The summed E-state index contributed by atoms with van der Waals surface area (Å²) in [5.74, 6) is 1.66. The van der Waals surface area contributed by atoms with E-state index in [1.165, 1.54) is 5.56 Å². The number of hydrogen-bond donors (Lipinski definition) is 0. The Morgan fingerprint density at radius 2 is 2.04 bits per heavy atom. The molecule has 0 radical (unpaired) electrons. The molecule has 3 atom stereocenters. The highest BCUT2D eigenvalue weighted by atomic mass is 16.5. The normalized spacial score (nSPS) is 30.8. The van der Waals surface area contributed by atoms with Crippen LogP contribution in [0, 0.1) is 19.8 Å². The van der Waals surface area contributed by atoms with Crippen LogP contribution in [0.15, 0.2) is 4.52 Å². The summed E-state index contributed by atoms with van der Waals surface area (Å²) >= 11 is 0. The van der Waals surface area contributed by atoms with Crippen LogP contribution in [0.3, 0.4) is 0 Å². The molecule has 0 unspecified atom stereocenters. The van der Waals surface area contributed by atoms with Crippen LogP contribution in [0.2, 0.25) is 0 Å². The average Bonchev–Trinajstić information content (AvgIpc) is 3.30. The van der Waals surface area contributed by atoms with Crippen molar-refractivity contribution in [3.63, 3.8) is 0 Å². The molecule has 0 saturated carbocycles. The van der Waals surface area contributed by atoms with Crippen LogP contribution in [-0.2, 0) is 16.1 Å². The number of aryl methyl sites for hydroxylation is 2. The van der Waals surface area contributed by atoms with Gasteiger partial charge in [0.15, 0.2) is 0 Å². The maximum Gasteiger partial charge on any atom is 0.251 e. The molecule has 24 heavy (non-hydrogen) atoms. The van der Waals surface area contributed by atoms with Gasteiger partial charge in [0.25, 0.3) is 5.91 Å². The van der Waals surface area contributed by atoms with Crippen LogP contribution in [0.1, 0.15) is 42.7 Å². The first-order valence-corrected chi connectivity index (χ1v) is 9.20. The van der Waals surface area contributed by atoms with Gasteiger partial charge in [-0.1, -0.05) is 5.16 Å². The number of piperidine rings is 1. The fraction of sp³-hybridized carbons (Fsp3) is 0.778. The van der Waals surface area contributed by atoms with Crippen LogP contribution in [0.5, 0.6) is 0 Å². The molecule has 6 heteroatoms. The lowest BCUT2D eigenvalue weighted by Crippen LogP contribution is -2.42. The second kappa shape index (κ2) is 6.48. The van der Waals surface area contributed by atoms with Crippen LogP contribution >= 0.6 is 0 Å². The third kappa shape index (κ3) is 2.97. The molecular weight excluding hydrogens is 306 g/mol. The Kier molecular flexibility index (Phi) is 4.35. The van der Waals surface area contributed by atoms with Crippen LogP contribution in [0.25, 0.3) is 0 Å². The van der Waals surface area contributed by atoms with E-state index in [-0.39, 0.29) is 18.1 Å². The molecule has 1 amide bonds.